The molecule has 168 valence electrons. The summed E-state index contributed by atoms with van der Waals surface area (Å²) in [5, 5.41) is 21.7. The van der Waals surface area contributed by atoms with Gasteiger partial charge in [0.2, 0.25) is 0 Å². The summed E-state index contributed by atoms with van der Waals surface area (Å²) >= 11 is 0. The van der Waals surface area contributed by atoms with E-state index in [-0.39, 0.29) is 16.3 Å². The number of anilines is 1. The number of phenolic OH excluding ortho intramolecular Hbond substituents is 1. The second-order valence-corrected chi connectivity index (χ2v) is 9.44. The van der Waals surface area contributed by atoms with Crippen LogP contribution in [0.5, 0.6) is 5.75 Å². The number of nitro benzene ring substituents is 1. The molecule has 0 unspecified atom stereocenters. The molecule has 0 saturated carbocycles. The summed E-state index contributed by atoms with van der Waals surface area (Å²) in [6.07, 6.45) is -0.362. The summed E-state index contributed by atoms with van der Waals surface area (Å²) in [6.45, 7) is 0. The number of sulfonamides is 1. The van der Waals surface area contributed by atoms with E-state index in [1.807, 2.05) is 29.2 Å². The minimum atomic E-state index is -4.22. The number of hydrogen-bond acceptors (Lipinski definition) is 7. The first-order chi connectivity index (χ1) is 15.8. The normalized spacial score (nSPS) is 19.5. The zero-order valence-corrected chi connectivity index (χ0v) is 17.8. The van der Waals surface area contributed by atoms with Crippen molar-refractivity contribution in [1.82, 2.24) is 9.84 Å². The van der Waals surface area contributed by atoms with Crippen molar-refractivity contribution in [2.24, 2.45) is 0 Å². The van der Waals surface area contributed by atoms with Crippen molar-refractivity contribution in [1.29, 1.82) is 0 Å². The molecule has 2 aliphatic heterocycles. The fourth-order valence-electron chi connectivity index (χ4n) is 4.30. The van der Waals surface area contributed by atoms with Crippen LogP contribution in [0.4, 0.5) is 11.4 Å². The van der Waals surface area contributed by atoms with Crippen molar-refractivity contribution in [3.63, 3.8) is 0 Å². The Hall–Kier alpha value is -3.96. The maximum absolute atomic E-state index is 13.4. The smallest absolute Gasteiger partial charge is 0.269 e. The summed E-state index contributed by atoms with van der Waals surface area (Å²) in [4.78, 5) is 27.7. The molecule has 10 nitrogen and oxygen atoms in total. The molecule has 0 bridgehead atoms. The number of non-ortho nitro benzene ring substituents is 1. The Balaban J connectivity index is 1.55. The molecule has 2 atom stereocenters. The average molecular weight is 466 g/mol. The molecule has 0 spiro atoms. The molecule has 3 aromatic carbocycles. The average Bonchev–Trinajstić information content (AvgIpc) is 3.30. The van der Waals surface area contributed by atoms with Crippen LogP contribution in [0.15, 0.2) is 77.7 Å². The molecule has 0 aliphatic carbocycles. The third kappa shape index (κ3) is 3.47. The summed E-state index contributed by atoms with van der Waals surface area (Å²) in [5.41, 5.74) is 2.17. The van der Waals surface area contributed by atoms with Gasteiger partial charge >= 0.3 is 0 Å². The molecule has 1 amide bonds. The number of nitrogens with one attached hydrogen (secondary N) is 1. The van der Waals surface area contributed by atoms with E-state index >= 15 is 0 Å². The number of phenols is 1. The summed E-state index contributed by atoms with van der Waals surface area (Å²) in [7, 11) is -4.22. The second-order valence-electron chi connectivity index (χ2n) is 7.78. The zero-order valence-electron chi connectivity index (χ0n) is 17.0. The Labute approximate surface area is 188 Å². The highest BCUT2D eigenvalue weighted by molar-refractivity contribution is 7.89. The van der Waals surface area contributed by atoms with Crippen LogP contribution in [0, 0.1) is 10.1 Å². The summed E-state index contributed by atoms with van der Waals surface area (Å²) in [6, 6.07) is 17.6. The fraction of sp³-hybridized carbons (Fsp3) is 0.136. The van der Waals surface area contributed by atoms with E-state index in [9.17, 15) is 28.4 Å². The monoisotopic (exact) mass is 466 g/mol. The number of amides is 1. The molecule has 0 aromatic heterocycles. The topological polar surface area (TPSA) is 133 Å². The molecule has 0 radical (unpaired) electrons. The van der Waals surface area contributed by atoms with Crippen LogP contribution in [0.1, 0.15) is 17.3 Å². The highest BCUT2D eigenvalue weighted by atomic mass is 32.2. The van der Waals surface area contributed by atoms with Crippen LogP contribution < -0.4 is 9.73 Å². The highest BCUT2D eigenvalue weighted by Crippen LogP contribution is 2.45. The number of rotatable bonds is 5. The largest absolute Gasteiger partial charge is 0.508 e. The number of nitro groups is 1. The number of benzene rings is 3. The van der Waals surface area contributed by atoms with Crippen LogP contribution in [0.3, 0.4) is 0 Å². The lowest BCUT2D eigenvalue weighted by atomic mass is 10.1. The number of para-hydroxylation sites is 1. The molecular formula is C22H18N4O6S. The van der Waals surface area contributed by atoms with E-state index in [2.05, 4.69) is 4.83 Å². The van der Waals surface area contributed by atoms with Gasteiger partial charge < -0.3 is 10.0 Å². The molecule has 2 N–H and O–H groups in total. The maximum Gasteiger partial charge on any atom is 0.269 e. The van der Waals surface area contributed by atoms with Gasteiger partial charge in [-0.15, -0.1) is 4.83 Å². The van der Waals surface area contributed by atoms with Crippen molar-refractivity contribution in [2.75, 3.05) is 4.90 Å². The number of carbonyl (C=O) groups excluding carboxylic acids is 1. The van der Waals surface area contributed by atoms with Crippen molar-refractivity contribution < 1.29 is 23.2 Å². The molecule has 33 heavy (non-hydrogen) atoms. The Morgan fingerprint density at radius 1 is 1.00 bits per heavy atom. The van der Waals surface area contributed by atoms with Gasteiger partial charge in [0.1, 0.15) is 18.0 Å². The van der Waals surface area contributed by atoms with Gasteiger partial charge in [0.05, 0.1) is 9.82 Å². The van der Waals surface area contributed by atoms with Gasteiger partial charge in [-0.3, -0.25) is 14.9 Å². The van der Waals surface area contributed by atoms with E-state index in [1.54, 1.807) is 12.1 Å². The zero-order chi connectivity index (χ0) is 23.3. The van der Waals surface area contributed by atoms with Crippen molar-refractivity contribution in [2.45, 2.75) is 23.5 Å². The van der Waals surface area contributed by atoms with Crippen LogP contribution in [-0.4, -0.2) is 35.4 Å². The number of carbonyl (C=O) groups is 1. The van der Waals surface area contributed by atoms with Gasteiger partial charge in [-0.25, -0.2) is 13.4 Å². The third-order valence-corrected chi connectivity index (χ3v) is 7.15. The first-order valence-electron chi connectivity index (χ1n) is 10.0. The Morgan fingerprint density at radius 3 is 2.33 bits per heavy atom. The van der Waals surface area contributed by atoms with E-state index in [0.717, 1.165) is 40.5 Å². The fourth-order valence-corrected chi connectivity index (χ4v) is 5.35. The van der Waals surface area contributed by atoms with Crippen LogP contribution in [0.2, 0.25) is 0 Å². The van der Waals surface area contributed by atoms with E-state index in [0.29, 0.717) is 12.0 Å². The van der Waals surface area contributed by atoms with Gasteiger partial charge in [-0.2, -0.15) is 0 Å². The number of aromatic hydroxyl groups is 1. The van der Waals surface area contributed by atoms with Gasteiger partial charge in [-0.1, -0.05) is 30.3 Å². The second kappa shape index (κ2) is 7.57. The van der Waals surface area contributed by atoms with Crippen LogP contribution in [0.25, 0.3) is 0 Å². The summed E-state index contributed by atoms with van der Waals surface area (Å²) < 4.78 is 26.2. The first-order valence-corrected chi connectivity index (χ1v) is 11.5. The molecular weight excluding hydrogens is 448 g/mol. The summed E-state index contributed by atoms with van der Waals surface area (Å²) in [5.74, 6) is -0.380. The predicted octanol–water partition coefficient (Wildman–Crippen LogP) is 2.47. The number of nitrogens with zero attached hydrogens (tertiary/aromatic N) is 3. The number of hydrogen-bond donors (Lipinski definition) is 2. The SMILES string of the molecule is O=C1[C@@H]2Cc3ccccc3N2[C@@H](c2ccc(O)cc2)N1NS(=O)(=O)c1ccc([N+](=O)[O-])cc1. The molecule has 11 heteroatoms. The minimum absolute atomic E-state index is 0.0412. The Bertz CT molecular complexity index is 1360. The van der Waals surface area contributed by atoms with Crippen molar-refractivity contribution >= 4 is 27.3 Å². The predicted molar refractivity (Wildman–Crippen MR) is 118 cm³/mol. The van der Waals surface area contributed by atoms with Gasteiger partial charge in [0, 0.05) is 24.2 Å². The van der Waals surface area contributed by atoms with Crippen LogP contribution >= 0.6 is 0 Å². The lowest BCUT2D eigenvalue weighted by Gasteiger charge is -2.31. The third-order valence-electron chi connectivity index (χ3n) is 5.82. The first kappa shape index (κ1) is 20.9. The van der Waals surface area contributed by atoms with Gasteiger partial charge in [-0.05, 0) is 41.5 Å². The number of fused-ring (bicyclic) bond motifs is 3. The standard InChI is InChI=1S/C22H18N4O6S/c27-17-9-5-14(6-10-17)21-24-19-4-2-1-3-15(19)13-20(24)22(28)25(21)23-33(31,32)18-11-7-16(8-12-18)26(29)30/h1-12,20-21,23,27H,13H2/t20-,21+/m0/s1. The van der Waals surface area contributed by atoms with Gasteiger partial charge in [0.15, 0.2) is 0 Å². The van der Waals surface area contributed by atoms with E-state index < -0.39 is 33.1 Å². The van der Waals surface area contributed by atoms with E-state index in [1.165, 1.54) is 12.1 Å². The van der Waals surface area contributed by atoms with E-state index in [4.69, 9.17) is 0 Å². The quantitative estimate of drug-likeness (QED) is 0.436. The van der Waals surface area contributed by atoms with Gasteiger partial charge in [0.25, 0.3) is 21.6 Å². The molecule has 1 saturated heterocycles. The lowest BCUT2D eigenvalue weighted by Crippen LogP contribution is -2.46. The highest BCUT2D eigenvalue weighted by Gasteiger charge is 2.52. The number of hydrazine groups is 1. The minimum Gasteiger partial charge on any atom is -0.508 e. The molecule has 1 fully saturated rings. The Kier molecular flexibility index (Phi) is 4.80. The molecule has 2 heterocycles. The lowest BCUT2D eigenvalue weighted by molar-refractivity contribution is -0.384. The molecule has 2 aliphatic rings. The molecule has 3 aromatic rings. The van der Waals surface area contributed by atoms with Crippen LogP contribution in [-0.2, 0) is 21.2 Å². The maximum atomic E-state index is 13.4. The van der Waals surface area contributed by atoms with Crippen molar-refractivity contribution in [3.8, 4) is 5.75 Å². The molecule has 5 rings (SSSR count). The Morgan fingerprint density at radius 2 is 1.67 bits per heavy atom. The van der Waals surface area contributed by atoms with Crippen molar-refractivity contribution in [3.05, 3.63) is 94.0 Å².